The molecule has 2 fully saturated rings. The van der Waals surface area contributed by atoms with Gasteiger partial charge in [0.05, 0.1) is 24.4 Å². The number of nitrogens with zero attached hydrogens (tertiary/aromatic N) is 6. The van der Waals surface area contributed by atoms with E-state index in [1.807, 2.05) is 39.4 Å². The summed E-state index contributed by atoms with van der Waals surface area (Å²) in [7, 11) is 0. The van der Waals surface area contributed by atoms with Crippen LogP contribution >= 0.6 is 0 Å². The Morgan fingerprint density at radius 3 is 2.50 bits per heavy atom. The van der Waals surface area contributed by atoms with Crippen LogP contribution in [0.3, 0.4) is 0 Å². The van der Waals surface area contributed by atoms with Crippen LogP contribution in [0, 0.1) is 6.92 Å². The van der Waals surface area contributed by atoms with Crippen molar-refractivity contribution in [3.05, 3.63) is 36.0 Å². The zero-order chi connectivity index (χ0) is 19.1. The minimum absolute atomic E-state index is 0.127. The highest BCUT2D eigenvalue weighted by Crippen LogP contribution is 2.27. The first-order valence-corrected chi connectivity index (χ1v) is 9.82. The number of rotatable bonds is 1. The van der Waals surface area contributed by atoms with E-state index in [-0.39, 0.29) is 6.03 Å². The fraction of sp³-hybridized carbons (Fsp3) is 0.450. The Morgan fingerprint density at radius 2 is 1.71 bits per heavy atom. The molecule has 146 valence electrons. The van der Waals surface area contributed by atoms with E-state index in [4.69, 9.17) is 9.72 Å². The number of hydrogen-bond donors (Lipinski definition) is 0. The zero-order valence-corrected chi connectivity index (χ0v) is 16.0. The molecule has 0 radical (unpaired) electrons. The second-order valence-electron chi connectivity index (χ2n) is 7.36. The van der Waals surface area contributed by atoms with Crippen LogP contribution < -0.4 is 4.90 Å². The quantitative estimate of drug-likeness (QED) is 0.644. The number of carbonyl (C=O) groups is 1. The molecule has 2 aliphatic rings. The maximum Gasteiger partial charge on any atom is 0.320 e. The third-order valence-corrected chi connectivity index (χ3v) is 5.54. The number of aromatic nitrogens is 3. The van der Waals surface area contributed by atoms with E-state index in [0.717, 1.165) is 41.2 Å². The number of anilines is 1. The number of piperazine rings is 1. The van der Waals surface area contributed by atoms with Crippen LogP contribution in [0.1, 0.15) is 5.69 Å². The molecule has 8 nitrogen and oxygen atoms in total. The molecule has 2 saturated heterocycles. The lowest BCUT2D eigenvalue weighted by Gasteiger charge is -2.39. The Bertz CT molecular complexity index is 1020. The van der Waals surface area contributed by atoms with Crippen LogP contribution in [0.25, 0.3) is 16.6 Å². The molecule has 3 aromatic rings. The first-order chi connectivity index (χ1) is 13.7. The van der Waals surface area contributed by atoms with Crippen molar-refractivity contribution in [2.24, 2.45) is 0 Å². The predicted octanol–water partition coefficient (Wildman–Crippen LogP) is 1.77. The molecule has 2 aromatic heterocycles. The number of benzene rings is 1. The summed E-state index contributed by atoms with van der Waals surface area (Å²) < 4.78 is 7.26. The molecule has 28 heavy (non-hydrogen) atoms. The molecule has 2 amide bonds. The van der Waals surface area contributed by atoms with Crippen LogP contribution in [0.4, 0.5) is 10.6 Å². The van der Waals surface area contributed by atoms with Gasteiger partial charge in [0.15, 0.2) is 5.65 Å². The van der Waals surface area contributed by atoms with E-state index in [2.05, 4.69) is 22.1 Å². The van der Waals surface area contributed by atoms with Gasteiger partial charge in [0.1, 0.15) is 5.82 Å². The molecule has 0 unspecified atom stereocenters. The average Bonchev–Trinajstić information content (AvgIpc) is 3.14. The fourth-order valence-corrected chi connectivity index (χ4v) is 4.06. The molecule has 5 rings (SSSR count). The monoisotopic (exact) mass is 380 g/mol. The molecule has 4 heterocycles. The van der Waals surface area contributed by atoms with Crippen LogP contribution in [0.15, 0.2) is 30.3 Å². The molecule has 0 aliphatic carbocycles. The topological polar surface area (TPSA) is 66.2 Å². The molecule has 8 heteroatoms. The third kappa shape index (κ3) is 2.93. The van der Waals surface area contributed by atoms with Gasteiger partial charge in [-0.2, -0.15) is 5.10 Å². The molecule has 0 atom stereocenters. The minimum Gasteiger partial charge on any atom is -0.378 e. The highest BCUT2D eigenvalue weighted by Gasteiger charge is 2.27. The SMILES string of the molecule is Cc1cc2nc(N3CCN(C(=O)N4CCOCC4)CC3)c3ccccc3n2n1. The smallest absolute Gasteiger partial charge is 0.320 e. The van der Waals surface area contributed by atoms with Gasteiger partial charge in [-0.15, -0.1) is 0 Å². The lowest BCUT2D eigenvalue weighted by molar-refractivity contribution is 0.0428. The van der Waals surface area contributed by atoms with Crippen molar-refractivity contribution in [3.63, 3.8) is 0 Å². The molecular weight excluding hydrogens is 356 g/mol. The number of urea groups is 1. The number of ether oxygens (including phenoxy) is 1. The van der Waals surface area contributed by atoms with Gasteiger partial charge in [0.25, 0.3) is 0 Å². The fourth-order valence-electron chi connectivity index (χ4n) is 4.06. The summed E-state index contributed by atoms with van der Waals surface area (Å²) in [6.07, 6.45) is 0. The maximum absolute atomic E-state index is 12.7. The summed E-state index contributed by atoms with van der Waals surface area (Å²) in [6, 6.07) is 10.4. The first-order valence-electron chi connectivity index (χ1n) is 9.82. The zero-order valence-electron chi connectivity index (χ0n) is 16.0. The second kappa shape index (κ2) is 6.94. The molecule has 0 bridgehead atoms. The number of fused-ring (bicyclic) bond motifs is 3. The number of aryl methyl sites for hydroxylation is 1. The van der Waals surface area contributed by atoms with Crippen molar-refractivity contribution in [2.45, 2.75) is 6.92 Å². The lowest BCUT2D eigenvalue weighted by Crippen LogP contribution is -2.55. The molecular formula is C20H24N6O2. The highest BCUT2D eigenvalue weighted by atomic mass is 16.5. The van der Waals surface area contributed by atoms with Crippen LogP contribution in [0.5, 0.6) is 0 Å². The third-order valence-electron chi connectivity index (χ3n) is 5.54. The maximum atomic E-state index is 12.7. The number of amides is 2. The summed E-state index contributed by atoms with van der Waals surface area (Å²) >= 11 is 0. The van der Waals surface area contributed by atoms with Crippen LogP contribution in [-0.4, -0.2) is 82.9 Å². The van der Waals surface area contributed by atoms with Gasteiger partial charge in [-0.3, -0.25) is 0 Å². The van der Waals surface area contributed by atoms with Gasteiger partial charge in [0, 0.05) is 50.7 Å². The first kappa shape index (κ1) is 17.2. The van der Waals surface area contributed by atoms with E-state index >= 15 is 0 Å². The molecule has 0 spiro atoms. The standard InChI is InChI=1S/C20H24N6O2/c1-15-14-18-21-19(16-4-2-3-5-17(16)26(18)22-15)23-6-8-24(9-7-23)20(27)25-10-12-28-13-11-25/h2-5,14H,6-13H2,1H3. The summed E-state index contributed by atoms with van der Waals surface area (Å²) in [5.41, 5.74) is 2.87. The number of carbonyl (C=O) groups excluding carboxylic acids is 1. The number of hydrogen-bond acceptors (Lipinski definition) is 5. The molecule has 1 aromatic carbocycles. The normalized spacial score (nSPS) is 18.2. The number of para-hydroxylation sites is 1. The van der Waals surface area contributed by atoms with E-state index < -0.39 is 0 Å². The van der Waals surface area contributed by atoms with E-state index in [1.54, 1.807) is 0 Å². The van der Waals surface area contributed by atoms with Crippen molar-refractivity contribution >= 4 is 28.4 Å². The van der Waals surface area contributed by atoms with E-state index in [0.29, 0.717) is 39.4 Å². The molecule has 0 N–H and O–H groups in total. The van der Waals surface area contributed by atoms with Crippen LogP contribution in [-0.2, 0) is 4.74 Å². The lowest BCUT2D eigenvalue weighted by atomic mass is 10.2. The summed E-state index contributed by atoms with van der Waals surface area (Å²) in [5, 5.41) is 5.67. The van der Waals surface area contributed by atoms with Crippen LogP contribution in [0.2, 0.25) is 0 Å². The van der Waals surface area contributed by atoms with Gasteiger partial charge in [-0.25, -0.2) is 14.3 Å². The minimum atomic E-state index is 0.127. The Hall–Kier alpha value is -2.87. The van der Waals surface area contributed by atoms with Crippen molar-refractivity contribution in [1.29, 1.82) is 0 Å². The Balaban J connectivity index is 1.40. The van der Waals surface area contributed by atoms with Gasteiger partial charge < -0.3 is 19.4 Å². The Morgan fingerprint density at radius 1 is 1.00 bits per heavy atom. The van der Waals surface area contributed by atoms with Gasteiger partial charge in [0.2, 0.25) is 0 Å². The summed E-state index contributed by atoms with van der Waals surface area (Å²) in [5.74, 6) is 0.974. The Kier molecular flexibility index (Phi) is 4.27. The molecule has 2 aliphatic heterocycles. The predicted molar refractivity (Wildman–Crippen MR) is 107 cm³/mol. The van der Waals surface area contributed by atoms with E-state index in [9.17, 15) is 4.79 Å². The van der Waals surface area contributed by atoms with Crippen molar-refractivity contribution < 1.29 is 9.53 Å². The average molecular weight is 380 g/mol. The van der Waals surface area contributed by atoms with Crippen molar-refractivity contribution in [3.8, 4) is 0 Å². The Labute approximate surface area is 163 Å². The second-order valence-corrected chi connectivity index (χ2v) is 7.36. The highest BCUT2D eigenvalue weighted by molar-refractivity contribution is 5.92. The van der Waals surface area contributed by atoms with Gasteiger partial charge in [-0.05, 0) is 19.1 Å². The largest absolute Gasteiger partial charge is 0.378 e. The number of morpholine rings is 1. The van der Waals surface area contributed by atoms with Crippen molar-refractivity contribution in [2.75, 3.05) is 57.4 Å². The van der Waals surface area contributed by atoms with Crippen molar-refractivity contribution in [1.82, 2.24) is 24.4 Å². The summed E-state index contributed by atoms with van der Waals surface area (Å²) in [6.45, 7) is 7.57. The van der Waals surface area contributed by atoms with Gasteiger partial charge in [-0.1, -0.05) is 12.1 Å². The van der Waals surface area contributed by atoms with E-state index in [1.165, 1.54) is 0 Å². The van der Waals surface area contributed by atoms with Gasteiger partial charge >= 0.3 is 6.03 Å². The summed E-state index contributed by atoms with van der Waals surface area (Å²) in [4.78, 5) is 23.8. The molecule has 0 saturated carbocycles.